The summed E-state index contributed by atoms with van der Waals surface area (Å²) < 4.78 is 0. The van der Waals surface area contributed by atoms with Gasteiger partial charge in [-0.3, -0.25) is 4.79 Å². The highest BCUT2D eigenvalue weighted by atomic mass is 16.1. The normalized spacial score (nSPS) is 10.8. The van der Waals surface area contributed by atoms with Gasteiger partial charge in [0.05, 0.1) is 17.4 Å². The minimum absolute atomic E-state index is 0.123. The SMILES string of the molecule is CNCCCC(=O)NCCc1ccc2nc[nH]c2c1. The molecule has 0 aliphatic rings. The van der Waals surface area contributed by atoms with Gasteiger partial charge in [0, 0.05) is 13.0 Å². The van der Waals surface area contributed by atoms with Crippen LogP contribution in [0, 0.1) is 0 Å². The first-order valence-corrected chi connectivity index (χ1v) is 6.63. The van der Waals surface area contributed by atoms with E-state index in [0.29, 0.717) is 13.0 Å². The van der Waals surface area contributed by atoms with E-state index in [1.165, 1.54) is 5.56 Å². The fraction of sp³-hybridized carbons (Fsp3) is 0.429. The third kappa shape index (κ3) is 4.06. The Balaban J connectivity index is 1.74. The van der Waals surface area contributed by atoms with Gasteiger partial charge in [-0.1, -0.05) is 6.07 Å². The highest BCUT2D eigenvalue weighted by Crippen LogP contribution is 2.11. The number of carbonyl (C=O) groups excluding carboxylic acids is 1. The van der Waals surface area contributed by atoms with Crippen LogP contribution in [0.5, 0.6) is 0 Å². The zero-order valence-corrected chi connectivity index (χ0v) is 11.2. The van der Waals surface area contributed by atoms with Crippen LogP contribution in [0.15, 0.2) is 24.5 Å². The summed E-state index contributed by atoms with van der Waals surface area (Å²) in [7, 11) is 1.89. The van der Waals surface area contributed by atoms with Crippen LogP contribution in [-0.4, -0.2) is 36.0 Å². The van der Waals surface area contributed by atoms with Crippen LogP contribution >= 0.6 is 0 Å². The molecule has 5 nitrogen and oxygen atoms in total. The highest BCUT2D eigenvalue weighted by molar-refractivity contribution is 5.76. The highest BCUT2D eigenvalue weighted by Gasteiger charge is 2.01. The topological polar surface area (TPSA) is 69.8 Å². The summed E-state index contributed by atoms with van der Waals surface area (Å²) >= 11 is 0. The molecule has 0 saturated carbocycles. The van der Waals surface area contributed by atoms with Crippen molar-refractivity contribution in [2.24, 2.45) is 0 Å². The molecule has 1 aromatic heterocycles. The molecule has 0 fully saturated rings. The third-order valence-electron chi connectivity index (χ3n) is 3.05. The van der Waals surface area contributed by atoms with Crippen LogP contribution in [0.25, 0.3) is 11.0 Å². The molecular formula is C14H20N4O. The van der Waals surface area contributed by atoms with E-state index in [9.17, 15) is 4.79 Å². The molecule has 1 heterocycles. The number of nitrogens with zero attached hydrogens (tertiary/aromatic N) is 1. The number of fused-ring (bicyclic) bond motifs is 1. The summed E-state index contributed by atoms with van der Waals surface area (Å²) in [5, 5.41) is 5.97. The van der Waals surface area contributed by atoms with Gasteiger partial charge in [-0.15, -0.1) is 0 Å². The maximum atomic E-state index is 11.5. The first-order chi connectivity index (χ1) is 9.29. The first-order valence-electron chi connectivity index (χ1n) is 6.63. The largest absolute Gasteiger partial charge is 0.356 e. The van der Waals surface area contributed by atoms with Crippen molar-refractivity contribution >= 4 is 16.9 Å². The maximum absolute atomic E-state index is 11.5. The van der Waals surface area contributed by atoms with Crippen LogP contribution in [0.3, 0.4) is 0 Å². The Morgan fingerprint density at radius 3 is 3.11 bits per heavy atom. The van der Waals surface area contributed by atoms with Crippen molar-refractivity contribution in [3.8, 4) is 0 Å². The molecule has 0 saturated heterocycles. The molecule has 0 aliphatic carbocycles. The average Bonchev–Trinajstić information content (AvgIpc) is 2.86. The van der Waals surface area contributed by atoms with Crippen molar-refractivity contribution in [2.75, 3.05) is 20.1 Å². The molecule has 0 bridgehead atoms. The monoisotopic (exact) mass is 260 g/mol. The second kappa shape index (κ2) is 6.89. The van der Waals surface area contributed by atoms with E-state index in [2.05, 4.69) is 32.7 Å². The van der Waals surface area contributed by atoms with E-state index >= 15 is 0 Å². The molecule has 0 atom stereocenters. The molecule has 3 N–H and O–H groups in total. The predicted molar refractivity (Wildman–Crippen MR) is 76.0 cm³/mol. The first kappa shape index (κ1) is 13.5. The zero-order valence-electron chi connectivity index (χ0n) is 11.2. The van der Waals surface area contributed by atoms with Crippen molar-refractivity contribution < 1.29 is 4.79 Å². The average molecular weight is 260 g/mol. The van der Waals surface area contributed by atoms with E-state index in [0.717, 1.165) is 30.4 Å². The lowest BCUT2D eigenvalue weighted by atomic mass is 10.1. The van der Waals surface area contributed by atoms with Gasteiger partial charge >= 0.3 is 0 Å². The summed E-state index contributed by atoms with van der Waals surface area (Å²) in [5.74, 6) is 0.123. The molecule has 0 unspecified atom stereocenters. The van der Waals surface area contributed by atoms with Crippen molar-refractivity contribution in [2.45, 2.75) is 19.3 Å². The molecule has 2 aromatic rings. The Morgan fingerprint density at radius 2 is 2.26 bits per heavy atom. The van der Waals surface area contributed by atoms with Gasteiger partial charge in [0.25, 0.3) is 0 Å². The van der Waals surface area contributed by atoms with E-state index in [1.54, 1.807) is 6.33 Å². The molecular weight excluding hydrogens is 240 g/mol. The lowest BCUT2D eigenvalue weighted by Crippen LogP contribution is -2.26. The standard InChI is InChI=1S/C14H20N4O/c1-15-7-2-3-14(19)16-8-6-11-4-5-12-13(9-11)18-10-17-12/h4-5,9-10,15H,2-3,6-8H2,1H3,(H,16,19)(H,17,18). The van der Waals surface area contributed by atoms with E-state index in [-0.39, 0.29) is 5.91 Å². The Kier molecular flexibility index (Phi) is 4.92. The van der Waals surface area contributed by atoms with Gasteiger partial charge < -0.3 is 15.6 Å². The van der Waals surface area contributed by atoms with E-state index in [4.69, 9.17) is 0 Å². The number of benzene rings is 1. The van der Waals surface area contributed by atoms with Crippen molar-refractivity contribution in [1.29, 1.82) is 0 Å². The summed E-state index contributed by atoms with van der Waals surface area (Å²) in [5.41, 5.74) is 3.21. The van der Waals surface area contributed by atoms with Gasteiger partial charge in [0.1, 0.15) is 0 Å². The summed E-state index contributed by atoms with van der Waals surface area (Å²) in [4.78, 5) is 18.8. The van der Waals surface area contributed by atoms with Crippen LogP contribution in [-0.2, 0) is 11.2 Å². The minimum atomic E-state index is 0.123. The van der Waals surface area contributed by atoms with Crippen molar-refractivity contribution in [3.05, 3.63) is 30.1 Å². The Labute approximate surface area is 112 Å². The fourth-order valence-electron chi connectivity index (χ4n) is 2.00. The summed E-state index contributed by atoms with van der Waals surface area (Å²) in [6.07, 6.45) is 3.99. The van der Waals surface area contributed by atoms with Gasteiger partial charge in [-0.05, 0) is 44.1 Å². The smallest absolute Gasteiger partial charge is 0.220 e. The zero-order chi connectivity index (χ0) is 13.5. The lowest BCUT2D eigenvalue weighted by Gasteiger charge is -2.05. The fourth-order valence-corrected chi connectivity index (χ4v) is 2.00. The van der Waals surface area contributed by atoms with E-state index < -0.39 is 0 Å². The van der Waals surface area contributed by atoms with Crippen molar-refractivity contribution in [3.63, 3.8) is 0 Å². The number of carbonyl (C=O) groups is 1. The number of hydrogen-bond acceptors (Lipinski definition) is 3. The molecule has 0 radical (unpaired) electrons. The van der Waals surface area contributed by atoms with Gasteiger partial charge in [0.2, 0.25) is 5.91 Å². The predicted octanol–water partition coefficient (Wildman–Crippen LogP) is 1.22. The number of imidazole rings is 1. The number of aromatic amines is 1. The number of hydrogen-bond donors (Lipinski definition) is 3. The molecule has 1 aromatic carbocycles. The van der Waals surface area contributed by atoms with Gasteiger partial charge in [-0.25, -0.2) is 4.98 Å². The summed E-state index contributed by atoms with van der Waals surface area (Å²) in [6.45, 7) is 1.56. The Hall–Kier alpha value is -1.88. The van der Waals surface area contributed by atoms with Gasteiger partial charge in [0.15, 0.2) is 0 Å². The van der Waals surface area contributed by atoms with Crippen LogP contribution in [0.1, 0.15) is 18.4 Å². The van der Waals surface area contributed by atoms with Crippen LogP contribution < -0.4 is 10.6 Å². The molecule has 0 aliphatic heterocycles. The molecule has 1 amide bonds. The van der Waals surface area contributed by atoms with Crippen molar-refractivity contribution in [1.82, 2.24) is 20.6 Å². The molecule has 0 spiro atoms. The van der Waals surface area contributed by atoms with E-state index in [1.807, 2.05) is 13.1 Å². The molecule has 2 rings (SSSR count). The third-order valence-corrected chi connectivity index (χ3v) is 3.05. The maximum Gasteiger partial charge on any atom is 0.220 e. The van der Waals surface area contributed by atoms with Crippen LogP contribution in [0.2, 0.25) is 0 Å². The minimum Gasteiger partial charge on any atom is -0.356 e. The lowest BCUT2D eigenvalue weighted by molar-refractivity contribution is -0.121. The van der Waals surface area contributed by atoms with Gasteiger partial charge in [-0.2, -0.15) is 0 Å². The second-order valence-corrected chi connectivity index (χ2v) is 4.56. The number of amides is 1. The molecule has 5 heteroatoms. The Bertz CT molecular complexity index is 535. The second-order valence-electron chi connectivity index (χ2n) is 4.56. The number of H-pyrrole nitrogens is 1. The Morgan fingerprint density at radius 1 is 1.37 bits per heavy atom. The molecule has 102 valence electrons. The quantitative estimate of drug-likeness (QED) is 0.656. The number of nitrogens with one attached hydrogen (secondary N) is 3. The number of aromatic nitrogens is 2. The summed E-state index contributed by atoms with van der Waals surface area (Å²) in [6, 6.07) is 6.13. The van der Waals surface area contributed by atoms with Crippen LogP contribution in [0.4, 0.5) is 0 Å². The molecule has 19 heavy (non-hydrogen) atoms. The number of rotatable bonds is 7.